The number of hydrogen-bond acceptors (Lipinski definition) is 4. The van der Waals surface area contributed by atoms with Gasteiger partial charge < -0.3 is 9.80 Å². The highest BCUT2D eigenvalue weighted by molar-refractivity contribution is 6.30. The molecule has 0 aliphatic carbocycles. The van der Waals surface area contributed by atoms with Gasteiger partial charge in [-0.05, 0) is 30.3 Å². The number of benzene rings is 1. The van der Waals surface area contributed by atoms with Crippen molar-refractivity contribution in [3.63, 3.8) is 0 Å². The second-order valence-corrected chi connectivity index (χ2v) is 6.91. The van der Waals surface area contributed by atoms with E-state index in [9.17, 15) is 9.59 Å². The maximum atomic E-state index is 12.7. The molecule has 0 radical (unpaired) electrons. The molecule has 1 fully saturated rings. The number of piperazine rings is 1. The molecule has 7 nitrogen and oxygen atoms in total. The summed E-state index contributed by atoms with van der Waals surface area (Å²) >= 11 is 5.97. The van der Waals surface area contributed by atoms with Gasteiger partial charge in [0.15, 0.2) is 0 Å². The zero-order valence-corrected chi connectivity index (χ0v) is 15.8. The van der Waals surface area contributed by atoms with Crippen LogP contribution in [0.1, 0.15) is 20.7 Å². The first-order chi connectivity index (χ1) is 13.6. The molecule has 4 rings (SSSR count). The fourth-order valence-corrected chi connectivity index (χ4v) is 3.35. The Bertz CT molecular complexity index is 980. The van der Waals surface area contributed by atoms with Crippen LogP contribution in [0.4, 0.5) is 0 Å². The molecule has 3 aromatic rings. The lowest BCUT2D eigenvalue weighted by atomic mass is 10.1. The Balaban J connectivity index is 1.38. The van der Waals surface area contributed by atoms with E-state index in [1.807, 2.05) is 0 Å². The molecule has 0 unspecified atom stereocenters. The standard InChI is InChI=1S/C20H18ClN5O2/c21-17-3-1-2-15(12-17)19(27)24-8-10-25(11-9-24)20(28)16-4-5-18(23-13-16)26-7-6-22-14-26/h1-7,12-14H,8-11H2. The van der Waals surface area contributed by atoms with Crippen LogP contribution in [0.3, 0.4) is 0 Å². The summed E-state index contributed by atoms with van der Waals surface area (Å²) in [6.07, 6.45) is 6.69. The molecule has 0 atom stereocenters. The van der Waals surface area contributed by atoms with Crippen LogP contribution in [-0.2, 0) is 0 Å². The van der Waals surface area contributed by atoms with Gasteiger partial charge in [-0.15, -0.1) is 0 Å². The lowest BCUT2D eigenvalue weighted by Gasteiger charge is -2.34. The van der Waals surface area contributed by atoms with Crippen molar-refractivity contribution < 1.29 is 9.59 Å². The molecule has 0 N–H and O–H groups in total. The Morgan fingerprint density at radius 1 is 0.929 bits per heavy atom. The molecule has 8 heteroatoms. The van der Waals surface area contributed by atoms with Crippen LogP contribution in [-0.4, -0.2) is 62.3 Å². The summed E-state index contributed by atoms with van der Waals surface area (Å²) in [5, 5.41) is 0.534. The topological polar surface area (TPSA) is 71.3 Å². The first kappa shape index (κ1) is 18.2. The van der Waals surface area contributed by atoms with Crippen molar-refractivity contribution in [1.82, 2.24) is 24.3 Å². The first-order valence-electron chi connectivity index (χ1n) is 8.90. The predicted octanol–water partition coefficient (Wildman–Crippen LogP) is 2.52. The molecule has 2 amide bonds. The van der Waals surface area contributed by atoms with Crippen molar-refractivity contribution in [1.29, 1.82) is 0 Å². The van der Waals surface area contributed by atoms with E-state index in [4.69, 9.17) is 11.6 Å². The molecule has 1 aliphatic rings. The summed E-state index contributed by atoms with van der Waals surface area (Å²) in [7, 11) is 0. The number of amides is 2. The first-order valence-corrected chi connectivity index (χ1v) is 9.28. The second-order valence-electron chi connectivity index (χ2n) is 6.47. The normalized spacial score (nSPS) is 14.2. The van der Waals surface area contributed by atoms with Crippen molar-refractivity contribution in [2.45, 2.75) is 0 Å². The Labute approximate surface area is 167 Å². The number of carbonyl (C=O) groups excluding carboxylic acids is 2. The predicted molar refractivity (Wildman–Crippen MR) is 105 cm³/mol. The molecular formula is C20H18ClN5O2. The highest BCUT2D eigenvalue weighted by atomic mass is 35.5. The summed E-state index contributed by atoms with van der Waals surface area (Å²) < 4.78 is 1.77. The smallest absolute Gasteiger partial charge is 0.255 e. The van der Waals surface area contributed by atoms with Crippen molar-refractivity contribution >= 4 is 23.4 Å². The molecule has 1 aromatic carbocycles. The van der Waals surface area contributed by atoms with Gasteiger partial charge in [-0.2, -0.15) is 0 Å². The average molecular weight is 396 g/mol. The SMILES string of the molecule is O=C(c1ccc(-n2ccnc2)nc1)N1CCN(C(=O)c2cccc(Cl)c2)CC1. The largest absolute Gasteiger partial charge is 0.335 e. The molecule has 0 spiro atoms. The van der Waals surface area contributed by atoms with Gasteiger partial charge in [0.05, 0.1) is 5.56 Å². The number of imidazole rings is 1. The van der Waals surface area contributed by atoms with Crippen molar-refractivity contribution in [3.8, 4) is 5.82 Å². The Kier molecular flexibility index (Phi) is 5.08. The summed E-state index contributed by atoms with van der Waals surface area (Å²) in [5.74, 6) is 0.548. The van der Waals surface area contributed by atoms with Crippen molar-refractivity contribution in [3.05, 3.63) is 77.5 Å². The highest BCUT2D eigenvalue weighted by Gasteiger charge is 2.25. The third-order valence-corrected chi connectivity index (χ3v) is 4.92. The quantitative estimate of drug-likeness (QED) is 0.683. The van der Waals surface area contributed by atoms with E-state index in [1.165, 1.54) is 0 Å². The minimum absolute atomic E-state index is 0.0686. The van der Waals surface area contributed by atoms with E-state index < -0.39 is 0 Å². The zero-order chi connectivity index (χ0) is 19.5. The van der Waals surface area contributed by atoms with Crippen LogP contribution in [0.5, 0.6) is 0 Å². The number of halogens is 1. The molecule has 0 bridgehead atoms. The van der Waals surface area contributed by atoms with Gasteiger partial charge in [0.25, 0.3) is 11.8 Å². The van der Waals surface area contributed by atoms with Crippen LogP contribution >= 0.6 is 11.6 Å². The van der Waals surface area contributed by atoms with Crippen LogP contribution in [0.15, 0.2) is 61.3 Å². The lowest BCUT2D eigenvalue weighted by molar-refractivity contribution is 0.0535. The van der Waals surface area contributed by atoms with Crippen molar-refractivity contribution in [2.75, 3.05) is 26.2 Å². The molecule has 0 saturated carbocycles. The number of carbonyl (C=O) groups is 2. The van der Waals surface area contributed by atoms with Gasteiger partial charge in [0.1, 0.15) is 12.1 Å². The van der Waals surface area contributed by atoms with Gasteiger partial charge in [-0.3, -0.25) is 14.2 Å². The summed E-state index contributed by atoms with van der Waals surface area (Å²) in [6, 6.07) is 10.5. The van der Waals surface area contributed by atoms with Crippen LogP contribution in [0.2, 0.25) is 5.02 Å². The Hall–Kier alpha value is -3.19. The van der Waals surface area contributed by atoms with E-state index >= 15 is 0 Å². The molecule has 142 valence electrons. The number of hydrogen-bond donors (Lipinski definition) is 0. The Morgan fingerprint density at radius 3 is 2.21 bits per heavy atom. The fourth-order valence-electron chi connectivity index (χ4n) is 3.16. The third kappa shape index (κ3) is 3.75. The maximum Gasteiger partial charge on any atom is 0.255 e. The molecular weight excluding hydrogens is 378 g/mol. The van der Waals surface area contributed by atoms with Crippen molar-refractivity contribution in [2.24, 2.45) is 0 Å². The molecule has 1 saturated heterocycles. The van der Waals surface area contributed by atoms with E-state index in [0.717, 1.165) is 0 Å². The molecule has 28 heavy (non-hydrogen) atoms. The summed E-state index contributed by atoms with van der Waals surface area (Å²) in [5.41, 5.74) is 1.09. The Morgan fingerprint density at radius 2 is 1.64 bits per heavy atom. The summed E-state index contributed by atoms with van der Waals surface area (Å²) in [4.78, 5) is 37.1. The van der Waals surface area contributed by atoms with E-state index in [0.29, 0.717) is 48.1 Å². The number of nitrogens with zero attached hydrogens (tertiary/aromatic N) is 5. The highest BCUT2D eigenvalue weighted by Crippen LogP contribution is 2.15. The van der Waals surface area contributed by atoms with Crippen LogP contribution < -0.4 is 0 Å². The molecule has 3 heterocycles. The minimum atomic E-state index is -0.0838. The molecule has 2 aromatic heterocycles. The van der Waals surface area contributed by atoms with Gasteiger partial charge in [0, 0.05) is 55.4 Å². The number of rotatable bonds is 3. The minimum Gasteiger partial charge on any atom is -0.335 e. The zero-order valence-electron chi connectivity index (χ0n) is 15.0. The molecule has 1 aliphatic heterocycles. The van der Waals surface area contributed by atoms with Crippen LogP contribution in [0.25, 0.3) is 5.82 Å². The number of pyridine rings is 1. The maximum absolute atomic E-state index is 12.7. The van der Waals surface area contributed by atoms with E-state index in [1.54, 1.807) is 75.7 Å². The van der Waals surface area contributed by atoms with Gasteiger partial charge in [-0.25, -0.2) is 9.97 Å². The third-order valence-electron chi connectivity index (χ3n) is 4.69. The average Bonchev–Trinajstić information content (AvgIpc) is 3.28. The van der Waals surface area contributed by atoms with Gasteiger partial charge in [-0.1, -0.05) is 17.7 Å². The van der Waals surface area contributed by atoms with E-state index in [2.05, 4.69) is 9.97 Å². The lowest BCUT2D eigenvalue weighted by Crippen LogP contribution is -2.50. The summed E-state index contributed by atoms with van der Waals surface area (Å²) in [6.45, 7) is 1.93. The number of aromatic nitrogens is 3. The van der Waals surface area contributed by atoms with E-state index in [-0.39, 0.29) is 11.8 Å². The fraction of sp³-hybridized carbons (Fsp3) is 0.200. The van der Waals surface area contributed by atoms with Gasteiger partial charge >= 0.3 is 0 Å². The second kappa shape index (κ2) is 7.82. The monoisotopic (exact) mass is 395 g/mol. The van der Waals surface area contributed by atoms with Gasteiger partial charge in [0.2, 0.25) is 0 Å². The van der Waals surface area contributed by atoms with Crippen LogP contribution in [0, 0.1) is 0 Å².